The summed E-state index contributed by atoms with van der Waals surface area (Å²) in [5.41, 5.74) is 7.01. The molecule has 0 bridgehead atoms. The Morgan fingerprint density at radius 1 is 1.06 bits per heavy atom. The van der Waals surface area contributed by atoms with Crippen LogP contribution in [0.15, 0.2) is 65.7 Å². The Morgan fingerprint density at radius 2 is 1.78 bits per heavy atom. The minimum Gasteiger partial charge on any atom is -0.468 e. The van der Waals surface area contributed by atoms with Gasteiger partial charge in [0.2, 0.25) is 5.88 Å². The summed E-state index contributed by atoms with van der Waals surface area (Å²) in [7, 11) is 0. The van der Waals surface area contributed by atoms with Crippen molar-refractivity contribution in [3.63, 3.8) is 0 Å². The molecule has 5 rings (SSSR count). The Hall–Kier alpha value is -3.91. The number of hydrogen-bond acceptors (Lipinski definition) is 7. The van der Waals surface area contributed by atoms with Crippen LogP contribution < -0.4 is 21.3 Å². The Balaban J connectivity index is 1.50. The zero-order valence-corrected chi connectivity index (χ0v) is 20.8. The lowest BCUT2D eigenvalue weighted by atomic mass is 9.71. The van der Waals surface area contributed by atoms with Gasteiger partial charge < -0.3 is 20.2 Å². The van der Waals surface area contributed by atoms with Gasteiger partial charge in [0.15, 0.2) is 5.84 Å². The summed E-state index contributed by atoms with van der Waals surface area (Å²) in [5, 5.41) is 3.12. The first kappa shape index (κ1) is 23.8. The molecular weight excluding hydrogens is 454 g/mol. The highest BCUT2D eigenvalue weighted by atomic mass is 16.6. The minimum absolute atomic E-state index is 0.235. The van der Waals surface area contributed by atoms with Crippen LogP contribution in [0.3, 0.4) is 0 Å². The van der Waals surface area contributed by atoms with Gasteiger partial charge >= 0.3 is 6.09 Å². The molecule has 3 aromatic rings. The van der Waals surface area contributed by atoms with E-state index >= 15 is 0 Å². The first-order chi connectivity index (χ1) is 17.3. The number of benzene rings is 2. The molecule has 1 fully saturated rings. The number of nitrogens with one attached hydrogen (secondary N) is 2. The third-order valence-corrected chi connectivity index (χ3v) is 6.48. The molecule has 0 atom stereocenters. The molecular formula is C28H31N5O3. The van der Waals surface area contributed by atoms with E-state index in [1.54, 1.807) is 0 Å². The van der Waals surface area contributed by atoms with Gasteiger partial charge in [-0.15, -0.1) is 0 Å². The van der Waals surface area contributed by atoms with Gasteiger partial charge in [0.1, 0.15) is 17.9 Å². The zero-order chi connectivity index (χ0) is 25.3. The van der Waals surface area contributed by atoms with Crippen molar-refractivity contribution in [2.24, 2.45) is 10.8 Å². The summed E-state index contributed by atoms with van der Waals surface area (Å²) >= 11 is 0. The number of alkyl carbamates (subject to hydrolysis) is 1. The lowest BCUT2D eigenvalue weighted by Crippen LogP contribution is -2.52. The van der Waals surface area contributed by atoms with Gasteiger partial charge in [-0.05, 0) is 57.2 Å². The first-order valence-corrected chi connectivity index (χ1v) is 12.2. The monoisotopic (exact) mass is 485 g/mol. The molecule has 186 valence electrons. The van der Waals surface area contributed by atoms with E-state index in [-0.39, 0.29) is 6.61 Å². The largest absolute Gasteiger partial charge is 0.468 e. The number of aromatic nitrogens is 1. The van der Waals surface area contributed by atoms with E-state index in [4.69, 9.17) is 20.3 Å². The molecule has 0 unspecified atom stereocenters. The van der Waals surface area contributed by atoms with Gasteiger partial charge in [0.25, 0.3) is 0 Å². The van der Waals surface area contributed by atoms with Crippen LogP contribution in [-0.4, -0.2) is 29.1 Å². The number of nitrogens with two attached hydrogens (primary N) is 1. The summed E-state index contributed by atoms with van der Waals surface area (Å²) in [6.07, 6.45) is 2.42. The van der Waals surface area contributed by atoms with E-state index in [1.807, 2.05) is 69.3 Å². The van der Waals surface area contributed by atoms with Crippen molar-refractivity contribution in [1.82, 2.24) is 15.7 Å². The third kappa shape index (κ3) is 4.77. The maximum absolute atomic E-state index is 12.5. The van der Waals surface area contributed by atoms with Crippen LogP contribution in [0.2, 0.25) is 0 Å². The summed E-state index contributed by atoms with van der Waals surface area (Å²) in [6.45, 7) is 5.84. The number of carbonyl (C=O) groups is 1. The van der Waals surface area contributed by atoms with Crippen LogP contribution in [0.25, 0.3) is 22.4 Å². The van der Waals surface area contributed by atoms with Crippen molar-refractivity contribution in [3.05, 3.63) is 66.2 Å². The lowest BCUT2D eigenvalue weighted by Gasteiger charge is -2.43. The first-order valence-electron chi connectivity index (χ1n) is 12.2. The van der Waals surface area contributed by atoms with Gasteiger partial charge in [-0.25, -0.2) is 20.6 Å². The fraction of sp³-hybridized carbons (Fsp3) is 0.321. The van der Waals surface area contributed by atoms with Crippen molar-refractivity contribution < 1.29 is 14.3 Å². The number of hydrazine groups is 1. The topological polar surface area (TPSA) is 111 Å². The SMILES string of the molecule is CC(C)(C)OC(=O)NC1(c2ccc(-c3nc4c(cc3-c3ccccc3)N=C(NN)CO4)cc2)CCC1. The number of nitrogens with zero attached hydrogens (tertiary/aromatic N) is 2. The van der Waals surface area contributed by atoms with Gasteiger partial charge in [0.05, 0.1) is 11.2 Å². The van der Waals surface area contributed by atoms with E-state index in [2.05, 4.69) is 27.9 Å². The normalized spacial score (nSPS) is 16.1. The highest BCUT2D eigenvalue weighted by Crippen LogP contribution is 2.43. The molecule has 0 radical (unpaired) electrons. The average molecular weight is 486 g/mol. The van der Waals surface area contributed by atoms with E-state index in [9.17, 15) is 4.79 Å². The molecule has 2 aromatic carbocycles. The van der Waals surface area contributed by atoms with Crippen LogP contribution in [0.4, 0.5) is 10.5 Å². The van der Waals surface area contributed by atoms with E-state index in [1.165, 1.54) is 0 Å². The van der Waals surface area contributed by atoms with E-state index in [0.717, 1.165) is 47.2 Å². The molecule has 1 amide bonds. The van der Waals surface area contributed by atoms with Crippen molar-refractivity contribution in [2.75, 3.05) is 6.61 Å². The number of hydrogen-bond donors (Lipinski definition) is 3. The van der Waals surface area contributed by atoms with E-state index < -0.39 is 17.2 Å². The summed E-state index contributed by atoms with van der Waals surface area (Å²) in [5.74, 6) is 6.55. The maximum Gasteiger partial charge on any atom is 0.408 e. The van der Waals surface area contributed by atoms with E-state index in [0.29, 0.717) is 17.4 Å². The molecule has 8 heteroatoms. The summed E-state index contributed by atoms with van der Waals surface area (Å²) in [4.78, 5) is 21.9. The summed E-state index contributed by atoms with van der Waals surface area (Å²) < 4.78 is 11.3. The average Bonchev–Trinajstić information content (AvgIpc) is 2.84. The predicted molar refractivity (Wildman–Crippen MR) is 140 cm³/mol. The molecule has 1 aromatic heterocycles. The number of pyridine rings is 1. The molecule has 4 N–H and O–H groups in total. The number of amidine groups is 1. The standard InChI is InChI=1S/C28H31N5O3/c1-27(2,3)36-26(34)32-28(14-7-15-28)20-12-10-19(11-13-20)24-21(18-8-5-4-6-9-18)16-22-25(31-24)35-17-23(30-22)33-29/h4-6,8-13,16H,7,14-15,17,29H2,1-3H3,(H,30,33)(H,32,34). The number of ether oxygens (including phenoxy) is 2. The van der Waals surface area contributed by atoms with Crippen molar-refractivity contribution in [3.8, 4) is 28.3 Å². The van der Waals surface area contributed by atoms with Gasteiger partial charge in [-0.2, -0.15) is 0 Å². The highest BCUT2D eigenvalue weighted by Gasteiger charge is 2.41. The molecule has 1 saturated carbocycles. The molecule has 0 spiro atoms. The molecule has 1 aliphatic heterocycles. The zero-order valence-electron chi connectivity index (χ0n) is 20.8. The number of rotatable bonds is 4. The van der Waals surface area contributed by atoms with Crippen molar-refractivity contribution in [1.29, 1.82) is 0 Å². The number of fused-ring (bicyclic) bond motifs is 1. The van der Waals surface area contributed by atoms with Gasteiger partial charge in [-0.3, -0.25) is 0 Å². The molecule has 36 heavy (non-hydrogen) atoms. The quantitative estimate of drug-likeness (QED) is 0.346. The minimum atomic E-state index is -0.544. The van der Waals surface area contributed by atoms with Crippen LogP contribution >= 0.6 is 0 Å². The smallest absolute Gasteiger partial charge is 0.408 e. The Labute approximate surface area is 210 Å². The van der Waals surface area contributed by atoms with Crippen LogP contribution in [-0.2, 0) is 10.3 Å². The van der Waals surface area contributed by atoms with Crippen LogP contribution in [0.5, 0.6) is 5.88 Å². The van der Waals surface area contributed by atoms with Crippen molar-refractivity contribution in [2.45, 2.75) is 51.2 Å². The van der Waals surface area contributed by atoms with Crippen LogP contribution in [0, 0.1) is 0 Å². The number of aliphatic imine (C=N–C) groups is 1. The fourth-order valence-electron chi connectivity index (χ4n) is 4.58. The third-order valence-electron chi connectivity index (χ3n) is 6.48. The second-order valence-corrected chi connectivity index (χ2v) is 10.2. The molecule has 2 heterocycles. The summed E-state index contributed by atoms with van der Waals surface area (Å²) in [6, 6.07) is 20.3. The number of carbonyl (C=O) groups excluding carboxylic acids is 1. The predicted octanol–water partition coefficient (Wildman–Crippen LogP) is 5.21. The van der Waals surface area contributed by atoms with Gasteiger partial charge in [0, 0.05) is 11.1 Å². The Bertz CT molecular complexity index is 1290. The molecule has 8 nitrogen and oxygen atoms in total. The molecule has 2 aliphatic rings. The number of amides is 1. The molecule has 0 saturated heterocycles. The second kappa shape index (κ2) is 9.28. The van der Waals surface area contributed by atoms with Crippen LogP contribution in [0.1, 0.15) is 45.6 Å². The lowest BCUT2D eigenvalue weighted by molar-refractivity contribution is 0.0377. The molecule has 1 aliphatic carbocycles. The highest BCUT2D eigenvalue weighted by molar-refractivity contribution is 5.90. The fourth-order valence-corrected chi connectivity index (χ4v) is 4.58. The maximum atomic E-state index is 12.5. The second-order valence-electron chi connectivity index (χ2n) is 10.2. The van der Waals surface area contributed by atoms with Gasteiger partial charge in [-0.1, -0.05) is 54.6 Å². The Kier molecular flexibility index (Phi) is 6.14. The Morgan fingerprint density at radius 3 is 2.39 bits per heavy atom. The van der Waals surface area contributed by atoms with Crippen molar-refractivity contribution >= 4 is 17.6 Å².